The van der Waals surface area contributed by atoms with Crippen molar-refractivity contribution in [1.29, 1.82) is 0 Å². The summed E-state index contributed by atoms with van der Waals surface area (Å²) in [5.41, 5.74) is 0.776. The number of rotatable bonds is 7. The van der Waals surface area contributed by atoms with Crippen LogP contribution in [-0.2, 0) is 11.3 Å². The number of methoxy groups -OCH3 is 1. The first kappa shape index (κ1) is 19.8. The van der Waals surface area contributed by atoms with Crippen LogP contribution in [0.1, 0.15) is 22.6 Å². The summed E-state index contributed by atoms with van der Waals surface area (Å²) in [6, 6.07) is 8.60. The average molecular weight is 410 g/mol. The standard InChI is InChI=1S/C21H22N4O5/c1-28-16-4-2-3-15-18(16)20(26)25-19(24-15)21(27)23-10-13-5-7-22-17(9-13)30-12-14-6-8-29-11-14/h2-5,7,9,14H,6,8,10-12H2,1H3,(H,23,27)(H,24,25,26). The molecule has 0 radical (unpaired) electrons. The highest BCUT2D eigenvalue weighted by molar-refractivity contribution is 5.93. The molecule has 1 unspecified atom stereocenters. The van der Waals surface area contributed by atoms with Crippen molar-refractivity contribution in [3.63, 3.8) is 0 Å². The summed E-state index contributed by atoms with van der Waals surface area (Å²) in [6.07, 6.45) is 2.61. The lowest BCUT2D eigenvalue weighted by Crippen LogP contribution is -2.27. The molecule has 9 heteroatoms. The smallest absolute Gasteiger partial charge is 0.287 e. The second-order valence-electron chi connectivity index (χ2n) is 6.99. The van der Waals surface area contributed by atoms with E-state index in [4.69, 9.17) is 14.2 Å². The van der Waals surface area contributed by atoms with E-state index in [2.05, 4.69) is 20.3 Å². The maximum Gasteiger partial charge on any atom is 0.287 e. The summed E-state index contributed by atoms with van der Waals surface area (Å²) in [7, 11) is 1.48. The molecule has 4 rings (SSSR count). The second-order valence-corrected chi connectivity index (χ2v) is 6.99. The number of H-pyrrole nitrogens is 1. The lowest BCUT2D eigenvalue weighted by atomic mass is 10.1. The summed E-state index contributed by atoms with van der Waals surface area (Å²) in [5.74, 6) is 0.732. The number of pyridine rings is 1. The lowest BCUT2D eigenvalue weighted by Gasteiger charge is -2.11. The molecule has 1 aromatic carbocycles. The molecule has 2 aromatic heterocycles. The van der Waals surface area contributed by atoms with Crippen LogP contribution in [0.25, 0.3) is 10.9 Å². The molecule has 3 aromatic rings. The van der Waals surface area contributed by atoms with Crippen molar-refractivity contribution < 1.29 is 19.0 Å². The highest BCUT2D eigenvalue weighted by Crippen LogP contribution is 2.20. The average Bonchev–Trinajstić information content (AvgIpc) is 3.29. The van der Waals surface area contributed by atoms with E-state index in [1.165, 1.54) is 7.11 Å². The maximum absolute atomic E-state index is 12.5. The Hall–Kier alpha value is -3.46. The molecule has 1 atom stereocenters. The van der Waals surface area contributed by atoms with Gasteiger partial charge in [0.2, 0.25) is 5.88 Å². The van der Waals surface area contributed by atoms with Gasteiger partial charge in [0.15, 0.2) is 5.82 Å². The van der Waals surface area contributed by atoms with Crippen molar-refractivity contribution in [2.75, 3.05) is 26.9 Å². The number of ether oxygens (including phenoxy) is 3. The van der Waals surface area contributed by atoms with Gasteiger partial charge in [-0.25, -0.2) is 9.97 Å². The highest BCUT2D eigenvalue weighted by atomic mass is 16.5. The molecular formula is C21H22N4O5. The molecule has 0 spiro atoms. The van der Waals surface area contributed by atoms with Crippen LogP contribution >= 0.6 is 0 Å². The molecular weight excluding hydrogens is 388 g/mol. The molecule has 1 fully saturated rings. The second kappa shape index (κ2) is 8.91. The number of aromatic amines is 1. The van der Waals surface area contributed by atoms with E-state index in [0.717, 1.165) is 18.6 Å². The maximum atomic E-state index is 12.5. The van der Waals surface area contributed by atoms with Crippen molar-refractivity contribution in [2.24, 2.45) is 5.92 Å². The molecule has 1 saturated heterocycles. The van der Waals surface area contributed by atoms with E-state index in [1.807, 2.05) is 0 Å². The van der Waals surface area contributed by atoms with Gasteiger partial charge in [-0.1, -0.05) is 6.07 Å². The van der Waals surface area contributed by atoms with Gasteiger partial charge in [0.05, 0.1) is 25.8 Å². The predicted octanol–water partition coefficient (Wildman–Crippen LogP) is 1.67. The zero-order valence-corrected chi connectivity index (χ0v) is 16.5. The Morgan fingerprint density at radius 3 is 3.07 bits per heavy atom. The quantitative estimate of drug-likeness (QED) is 0.609. The van der Waals surface area contributed by atoms with Crippen LogP contribution in [0.15, 0.2) is 41.3 Å². The third-order valence-electron chi connectivity index (χ3n) is 4.87. The number of hydrogen-bond acceptors (Lipinski definition) is 7. The fourth-order valence-corrected chi connectivity index (χ4v) is 3.26. The lowest BCUT2D eigenvalue weighted by molar-refractivity contribution is 0.0940. The summed E-state index contributed by atoms with van der Waals surface area (Å²) in [5, 5.41) is 3.06. The Balaban J connectivity index is 1.42. The number of amides is 1. The van der Waals surface area contributed by atoms with E-state index in [9.17, 15) is 9.59 Å². The first-order valence-electron chi connectivity index (χ1n) is 9.65. The summed E-state index contributed by atoms with van der Waals surface area (Å²) in [6.45, 7) is 2.27. The summed E-state index contributed by atoms with van der Waals surface area (Å²) < 4.78 is 16.3. The summed E-state index contributed by atoms with van der Waals surface area (Å²) >= 11 is 0. The van der Waals surface area contributed by atoms with Crippen LogP contribution < -0.4 is 20.3 Å². The molecule has 1 amide bonds. The van der Waals surface area contributed by atoms with Gasteiger partial charge in [0.1, 0.15) is 11.1 Å². The fourth-order valence-electron chi connectivity index (χ4n) is 3.26. The Labute approximate surface area is 172 Å². The highest BCUT2D eigenvalue weighted by Gasteiger charge is 2.17. The molecule has 156 valence electrons. The number of nitrogens with one attached hydrogen (secondary N) is 2. The van der Waals surface area contributed by atoms with E-state index in [-0.39, 0.29) is 12.4 Å². The normalized spacial score (nSPS) is 15.8. The fraction of sp³-hybridized carbons (Fsp3) is 0.333. The van der Waals surface area contributed by atoms with Crippen molar-refractivity contribution in [3.8, 4) is 11.6 Å². The Morgan fingerprint density at radius 1 is 1.37 bits per heavy atom. The molecule has 30 heavy (non-hydrogen) atoms. The number of aromatic nitrogens is 3. The molecule has 2 N–H and O–H groups in total. The van der Waals surface area contributed by atoms with E-state index in [0.29, 0.717) is 41.7 Å². The SMILES string of the molecule is COc1cccc2nc(C(=O)NCc3ccnc(OCC4CCOC4)c3)[nH]c(=O)c12. The number of carbonyl (C=O) groups excluding carboxylic acids is 1. The molecule has 0 aliphatic carbocycles. The Bertz CT molecular complexity index is 1110. The molecule has 1 aliphatic rings. The monoisotopic (exact) mass is 410 g/mol. The number of hydrogen-bond donors (Lipinski definition) is 2. The first-order chi connectivity index (χ1) is 14.6. The van der Waals surface area contributed by atoms with Crippen LogP contribution in [0, 0.1) is 5.92 Å². The van der Waals surface area contributed by atoms with Crippen LogP contribution in [-0.4, -0.2) is 47.8 Å². The molecule has 1 aliphatic heterocycles. The van der Waals surface area contributed by atoms with E-state index >= 15 is 0 Å². The zero-order valence-electron chi connectivity index (χ0n) is 16.5. The van der Waals surface area contributed by atoms with Crippen molar-refractivity contribution in [1.82, 2.24) is 20.3 Å². The number of nitrogens with zero attached hydrogens (tertiary/aromatic N) is 2. The van der Waals surface area contributed by atoms with Crippen LogP contribution in [0.3, 0.4) is 0 Å². The van der Waals surface area contributed by atoms with Gasteiger partial charge in [-0.05, 0) is 30.2 Å². The largest absolute Gasteiger partial charge is 0.496 e. The van der Waals surface area contributed by atoms with Crippen LogP contribution in [0.5, 0.6) is 11.6 Å². The third kappa shape index (κ3) is 4.41. The molecule has 0 bridgehead atoms. The number of fused-ring (bicyclic) bond motifs is 1. The third-order valence-corrected chi connectivity index (χ3v) is 4.87. The molecule has 3 heterocycles. The first-order valence-corrected chi connectivity index (χ1v) is 9.65. The van der Waals surface area contributed by atoms with Gasteiger partial charge < -0.3 is 24.5 Å². The molecule has 0 saturated carbocycles. The topological polar surface area (TPSA) is 115 Å². The van der Waals surface area contributed by atoms with E-state index in [1.54, 1.807) is 36.5 Å². The van der Waals surface area contributed by atoms with Gasteiger partial charge in [0, 0.05) is 31.3 Å². The van der Waals surface area contributed by atoms with Gasteiger partial charge >= 0.3 is 0 Å². The van der Waals surface area contributed by atoms with E-state index < -0.39 is 11.5 Å². The van der Waals surface area contributed by atoms with Gasteiger partial charge in [0.25, 0.3) is 11.5 Å². The number of benzene rings is 1. The number of carbonyl (C=O) groups is 1. The Kier molecular flexibility index (Phi) is 5.89. The van der Waals surface area contributed by atoms with Crippen molar-refractivity contribution in [2.45, 2.75) is 13.0 Å². The zero-order chi connectivity index (χ0) is 20.9. The Morgan fingerprint density at radius 2 is 2.27 bits per heavy atom. The van der Waals surface area contributed by atoms with Gasteiger partial charge in [-0.15, -0.1) is 0 Å². The van der Waals surface area contributed by atoms with Crippen LogP contribution in [0.2, 0.25) is 0 Å². The minimum Gasteiger partial charge on any atom is -0.496 e. The van der Waals surface area contributed by atoms with Gasteiger partial charge in [-0.3, -0.25) is 9.59 Å². The minimum absolute atomic E-state index is 0.0625. The van der Waals surface area contributed by atoms with Gasteiger partial charge in [-0.2, -0.15) is 0 Å². The van der Waals surface area contributed by atoms with Crippen molar-refractivity contribution in [3.05, 3.63) is 58.3 Å². The minimum atomic E-state index is -0.487. The summed E-state index contributed by atoms with van der Waals surface area (Å²) in [4.78, 5) is 35.9. The molecule has 9 nitrogen and oxygen atoms in total. The van der Waals surface area contributed by atoms with Crippen molar-refractivity contribution >= 4 is 16.8 Å². The predicted molar refractivity (Wildman–Crippen MR) is 109 cm³/mol. The van der Waals surface area contributed by atoms with Crippen LogP contribution in [0.4, 0.5) is 0 Å².